The van der Waals surface area contributed by atoms with Crippen molar-refractivity contribution in [2.24, 2.45) is 11.8 Å². The third-order valence-electron chi connectivity index (χ3n) is 3.96. The molecule has 1 amide bonds. The molecule has 1 saturated carbocycles. The van der Waals surface area contributed by atoms with Crippen LogP contribution in [0.25, 0.3) is 0 Å². The van der Waals surface area contributed by atoms with E-state index < -0.39 is 5.97 Å². The van der Waals surface area contributed by atoms with Crippen LogP contribution in [0, 0.1) is 11.8 Å². The highest BCUT2D eigenvalue weighted by Gasteiger charge is 2.43. The number of carboxylic acid groups (broad SMARTS) is 1. The normalized spacial score (nSPS) is 22.1. The fourth-order valence-corrected chi connectivity index (χ4v) is 2.54. The van der Waals surface area contributed by atoms with Crippen LogP contribution in [0.2, 0.25) is 0 Å². The first-order chi connectivity index (χ1) is 9.61. The predicted molar refractivity (Wildman–Crippen MR) is 76.3 cm³/mol. The first-order valence-corrected chi connectivity index (χ1v) is 7.16. The maximum absolute atomic E-state index is 12.0. The molecule has 3 unspecified atom stereocenters. The van der Waals surface area contributed by atoms with Gasteiger partial charge in [-0.3, -0.25) is 9.59 Å². The van der Waals surface area contributed by atoms with E-state index in [0.29, 0.717) is 12.5 Å². The van der Waals surface area contributed by atoms with Gasteiger partial charge in [0.2, 0.25) is 5.91 Å². The second-order valence-electron chi connectivity index (χ2n) is 5.48. The molecule has 0 radical (unpaired) electrons. The number of carbonyl (C=O) groups is 2. The number of amides is 1. The van der Waals surface area contributed by atoms with Crippen LogP contribution in [-0.4, -0.2) is 23.5 Å². The lowest BCUT2D eigenvalue weighted by molar-refractivity contribution is -0.138. The molecular weight excluding hydrogens is 254 g/mol. The van der Waals surface area contributed by atoms with Gasteiger partial charge in [-0.2, -0.15) is 0 Å². The predicted octanol–water partition coefficient (Wildman–Crippen LogP) is 2.41. The van der Waals surface area contributed by atoms with Crippen LogP contribution in [0.15, 0.2) is 30.3 Å². The van der Waals surface area contributed by atoms with E-state index in [2.05, 4.69) is 17.4 Å². The molecule has 4 heteroatoms. The molecule has 0 heterocycles. The van der Waals surface area contributed by atoms with Crippen molar-refractivity contribution in [2.75, 3.05) is 6.54 Å². The molecule has 0 aromatic heterocycles. The van der Waals surface area contributed by atoms with Crippen LogP contribution in [-0.2, 0) is 9.59 Å². The zero-order valence-corrected chi connectivity index (χ0v) is 11.7. The number of carbonyl (C=O) groups excluding carboxylic acids is 1. The minimum Gasteiger partial charge on any atom is -0.481 e. The molecule has 2 rings (SSSR count). The van der Waals surface area contributed by atoms with Crippen molar-refractivity contribution in [2.45, 2.75) is 32.1 Å². The lowest BCUT2D eigenvalue weighted by Gasteiger charge is -2.13. The van der Waals surface area contributed by atoms with Gasteiger partial charge >= 0.3 is 5.97 Å². The Kier molecular flexibility index (Phi) is 4.77. The third kappa shape index (κ3) is 3.83. The standard InChI is InChI=1S/C16H21NO3/c1-2-11(8-15(18)19)10-17-16(20)14-9-13(14)12-6-4-3-5-7-12/h3-7,11,13-14H,2,8-10H2,1H3,(H,17,20)(H,18,19). The summed E-state index contributed by atoms with van der Waals surface area (Å²) in [6.45, 7) is 2.41. The van der Waals surface area contributed by atoms with E-state index in [1.54, 1.807) is 0 Å². The molecule has 1 aromatic carbocycles. The Balaban J connectivity index is 1.78. The van der Waals surface area contributed by atoms with E-state index in [4.69, 9.17) is 5.11 Å². The number of benzene rings is 1. The lowest BCUT2D eigenvalue weighted by atomic mass is 10.0. The fraction of sp³-hybridized carbons (Fsp3) is 0.500. The van der Waals surface area contributed by atoms with Crippen LogP contribution in [0.5, 0.6) is 0 Å². The van der Waals surface area contributed by atoms with Crippen LogP contribution >= 0.6 is 0 Å². The largest absolute Gasteiger partial charge is 0.481 e. The van der Waals surface area contributed by atoms with Crippen molar-refractivity contribution in [1.29, 1.82) is 0 Å². The van der Waals surface area contributed by atoms with Gasteiger partial charge in [0.25, 0.3) is 0 Å². The maximum atomic E-state index is 12.0. The van der Waals surface area contributed by atoms with Gasteiger partial charge in [-0.15, -0.1) is 0 Å². The number of carboxylic acids is 1. The van der Waals surface area contributed by atoms with Crippen LogP contribution in [0.3, 0.4) is 0 Å². The van der Waals surface area contributed by atoms with Gasteiger partial charge in [0, 0.05) is 18.9 Å². The third-order valence-corrected chi connectivity index (χ3v) is 3.96. The second-order valence-corrected chi connectivity index (χ2v) is 5.48. The second kappa shape index (κ2) is 6.55. The van der Waals surface area contributed by atoms with Gasteiger partial charge in [0.1, 0.15) is 0 Å². The van der Waals surface area contributed by atoms with Crippen molar-refractivity contribution >= 4 is 11.9 Å². The Morgan fingerprint density at radius 2 is 2.05 bits per heavy atom. The Morgan fingerprint density at radius 3 is 2.65 bits per heavy atom. The molecule has 4 nitrogen and oxygen atoms in total. The average Bonchev–Trinajstić information content (AvgIpc) is 3.24. The van der Waals surface area contributed by atoms with Crippen molar-refractivity contribution in [3.8, 4) is 0 Å². The molecule has 1 fully saturated rings. The van der Waals surface area contributed by atoms with E-state index in [9.17, 15) is 9.59 Å². The van der Waals surface area contributed by atoms with Crippen LogP contribution in [0.1, 0.15) is 37.7 Å². The molecular formula is C16H21NO3. The van der Waals surface area contributed by atoms with Gasteiger partial charge in [0.15, 0.2) is 0 Å². The molecule has 1 aromatic rings. The number of nitrogens with one attached hydrogen (secondary N) is 1. The lowest BCUT2D eigenvalue weighted by Crippen LogP contribution is -2.31. The highest BCUT2D eigenvalue weighted by molar-refractivity contribution is 5.82. The Bertz CT molecular complexity index is 472. The van der Waals surface area contributed by atoms with E-state index in [-0.39, 0.29) is 24.2 Å². The van der Waals surface area contributed by atoms with Gasteiger partial charge < -0.3 is 10.4 Å². The van der Waals surface area contributed by atoms with Crippen molar-refractivity contribution in [3.63, 3.8) is 0 Å². The van der Waals surface area contributed by atoms with Crippen LogP contribution in [0.4, 0.5) is 0 Å². The molecule has 0 bridgehead atoms. The van der Waals surface area contributed by atoms with Crippen molar-refractivity contribution in [1.82, 2.24) is 5.32 Å². The molecule has 2 N–H and O–H groups in total. The maximum Gasteiger partial charge on any atom is 0.303 e. The van der Waals surface area contributed by atoms with E-state index in [1.807, 2.05) is 25.1 Å². The minimum absolute atomic E-state index is 0.0189. The zero-order valence-electron chi connectivity index (χ0n) is 11.7. The summed E-state index contributed by atoms with van der Waals surface area (Å²) in [5.74, 6) is -0.344. The Labute approximate surface area is 119 Å². The molecule has 1 aliphatic carbocycles. The highest BCUT2D eigenvalue weighted by Crippen LogP contribution is 2.47. The van der Waals surface area contributed by atoms with Gasteiger partial charge in [-0.25, -0.2) is 0 Å². The molecule has 0 aliphatic heterocycles. The summed E-state index contributed by atoms with van der Waals surface area (Å²) in [6, 6.07) is 10.1. The van der Waals surface area contributed by atoms with Gasteiger partial charge in [0.05, 0.1) is 0 Å². The SMILES string of the molecule is CCC(CNC(=O)C1CC1c1ccccc1)CC(=O)O. The van der Waals surface area contributed by atoms with Crippen molar-refractivity contribution in [3.05, 3.63) is 35.9 Å². The summed E-state index contributed by atoms with van der Waals surface area (Å²) in [5, 5.41) is 11.7. The minimum atomic E-state index is -0.806. The summed E-state index contributed by atoms with van der Waals surface area (Å²) in [4.78, 5) is 22.7. The molecule has 1 aliphatic rings. The smallest absolute Gasteiger partial charge is 0.303 e. The Hall–Kier alpha value is -1.84. The van der Waals surface area contributed by atoms with Crippen LogP contribution < -0.4 is 5.32 Å². The van der Waals surface area contributed by atoms with Crippen molar-refractivity contribution < 1.29 is 14.7 Å². The van der Waals surface area contributed by atoms with E-state index in [0.717, 1.165) is 12.8 Å². The first kappa shape index (κ1) is 14.6. The van der Waals surface area contributed by atoms with E-state index in [1.165, 1.54) is 5.56 Å². The zero-order chi connectivity index (χ0) is 14.5. The topological polar surface area (TPSA) is 66.4 Å². The quantitative estimate of drug-likeness (QED) is 0.803. The van der Waals surface area contributed by atoms with E-state index >= 15 is 0 Å². The summed E-state index contributed by atoms with van der Waals surface area (Å²) in [7, 11) is 0. The molecule has 0 spiro atoms. The highest BCUT2D eigenvalue weighted by atomic mass is 16.4. The van der Waals surface area contributed by atoms with Gasteiger partial charge in [-0.1, -0.05) is 43.7 Å². The number of aliphatic carboxylic acids is 1. The summed E-state index contributed by atoms with van der Waals surface area (Å²) in [5.41, 5.74) is 1.21. The summed E-state index contributed by atoms with van der Waals surface area (Å²) < 4.78 is 0. The molecule has 108 valence electrons. The average molecular weight is 275 g/mol. The molecule has 3 atom stereocenters. The fourth-order valence-electron chi connectivity index (χ4n) is 2.54. The number of hydrogen-bond donors (Lipinski definition) is 2. The molecule has 20 heavy (non-hydrogen) atoms. The first-order valence-electron chi connectivity index (χ1n) is 7.16. The Morgan fingerprint density at radius 1 is 1.35 bits per heavy atom. The monoisotopic (exact) mass is 275 g/mol. The number of hydrogen-bond acceptors (Lipinski definition) is 2. The summed E-state index contributed by atoms with van der Waals surface area (Å²) in [6.07, 6.45) is 1.77. The van der Waals surface area contributed by atoms with Gasteiger partial charge in [-0.05, 0) is 23.8 Å². The molecule has 0 saturated heterocycles. The number of rotatable bonds is 7. The summed E-state index contributed by atoms with van der Waals surface area (Å²) >= 11 is 0.